The molecule has 0 aliphatic rings. The van der Waals surface area contributed by atoms with Crippen molar-refractivity contribution in [3.63, 3.8) is 0 Å². The van der Waals surface area contributed by atoms with E-state index >= 15 is 0 Å². The number of carboxylic acid groups (broad SMARTS) is 1. The zero-order valence-corrected chi connectivity index (χ0v) is 10.5. The van der Waals surface area contributed by atoms with Crippen LogP contribution in [0.2, 0.25) is 0 Å². The fraction of sp³-hybridized carbons (Fsp3) is 0.727. The third-order valence-electron chi connectivity index (χ3n) is 2.23. The first-order valence-corrected chi connectivity index (χ1v) is 5.56. The second-order valence-corrected chi connectivity index (χ2v) is 4.42. The average Bonchev–Trinajstić information content (AvgIpc) is 2.16. The van der Waals surface area contributed by atoms with Crippen LogP contribution in [-0.4, -0.2) is 36.0 Å². The Morgan fingerprint density at radius 1 is 1.12 bits per heavy atom. The lowest BCUT2D eigenvalue weighted by Crippen LogP contribution is -2.35. The number of rotatable bonds is 7. The minimum absolute atomic E-state index is 0.0995. The fourth-order valence-electron chi connectivity index (χ4n) is 1.14. The Morgan fingerprint density at radius 3 is 2.18 bits per heavy atom. The molecule has 0 radical (unpaired) electrons. The van der Waals surface area contributed by atoms with Gasteiger partial charge in [-0.25, -0.2) is 0 Å². The summed E-state index contributed by atoms with van der Waals surface area (Å²) in [6, 6.07) is 0. The lowest BCUT2D eigenvalue weighted by Gasteiger charge is -2.18. The molecule has 0 unspecified atom stereocenters. The van der Waals surface area contributed by atoms with E-state index in [0.29, 0.717) is 6.54 Å². The van der Waals surface area contributed by atoms with Crippen molar-refractivity contribution in [1.29, 1.82) is 0 Å². The van der Waals surface area contributed by atoms with Gasteiger partial charge in [0.05, 0.1) is 5.41 Å². The first-order chi connectivity index (χ1) is 7.79. The summed E-state index contributed by atoms with van der Waals surface area (Å²) < 4.78 is 0. The highest BCUT2D eigenvalue weighted by molar-refractivity contribution is 5.84. The summed E-state index contributed by atoms with van der Waals surface area (Å²) in [7, 11) is 0. The van der Waals surface area contributed by atoms with E-state index in [2.05, 4.69) is 10.6 Å². The lowest BCUT2D eigenvalue weighted by atomic mass is 9.89. The van der Waals surface area contributed by atoms with Crippen LogP contribution in [0.3, 0.4) is 0 Å². The second-order valence-electron chi connectivity index (χ2n) is 4.42. The van der Waals surface area contributed by atoms with E-state index in [1.807, 2.05) is 6.92 Å². The van der Waals surface area contributed by atoms with Crippen LogP contribution < -0.4 is 10.6 Å². The predicted molar refractivity (Wildman–Crippen MR) is 62.3 cm³/mol. The van der Waals surface area contributed by atoms with Crippen molar-refractivity contribution in [2.24, 2.45) is 5.41 Å². The molecule has 0 bridgehead atoms. The summed E-state index contributed by atoms with van der Waals surface area (Å²) in [5.74, 6) is -1.51. The van der Waals surface area contributed by atoms with Crippen LogP contribution in [-0.2, 0) is 14.4 Å². The van der Waals surface area contributed by atoms with Gasteiger partial charge in [-0.3, -0.25) is 14.4 Å². The molecule has 0 aliphatic carbocycles. The highest BCUT2D eigenvalue weighted by Crippen LogP contribution is 2.19. The number of carbonyl (C=O) groups excluding carboxylic acids is 2. The van der Waals surface area contributed by atoms with Crippen molar-refractivity contribution in [2.75, 3.05) is 13.1 Å². The molecule has 17 heavy (non-hydrogen) atoms. The van der Waals surface area contributed by atoms with Crippen LogP contribution in [0.15, 0.2) is 0 Å². The Balaban J connectivity index is 3.89. The zero-order valence-electron chi connectivity index (χ0n) is 10.5. The standard InChI is InChI=1S/C11H20N2O4/c1-4-12-8(14)5-6-13-9(15)7-11(2,3)10(16)17/h4-7H2,1-3H3,(H,12,14)(H,13,15)(H,16,17). The van der Waals surface area contributed by atoms with Crippen LogP contribution in [0.5, 0.6) is 0 Å². The van der Waals surface area contributed by atoms with Crippen molar-refractivity contribution in [3.8, 4) is 0 Å². The molecule has 0 heterocycles. The molecule has 3 N–H and O–H groups in total. The lowest BCUT2D eigenvalue weighted by molar-refractivity contribution is -0.149. The van der Waals surface area contributed by atoms with Gasteiger partial charge in [0.25, 0.3) is 0 Å². The van der Waals surface area contributed by atoms with Gasteiger partial charge in [-0.1, -0.05) is 0 Å². The monoisotopic (exact) mass is 244 g/mol. The first kappa shape index (κ1) is 15.4. The van der Waals surface area contributed by atoms with E-state index in [-0.39, 0.29) is 31.2 Å². The molecule has 0 rings (SSSR count). The molecule has 0 fully saturated rings. The Bertz CT molecular complexity index is 300. The maximum Gasteiger partial charge on any atom is 0.309 e. The first-order valence-electron chi connectivity index (χ1n) is 5.56. The van der Waals surface area contributed by atoms with Gasteiger partial charge in [0.1, 0.15) is 0 Å². The quantitative estimate of drug-likeness (QED) is 0.593. The van der Waals surface area contributed by atoms with E-state index in [0.717, 1.165) is 0 Å². The molecule has 2 amide bonds. The normalized spacial score (nSPS) is 10.8. The van der Waals surface area contributed by atoms with Crippen molar-refractivity contribution in [2.45, 2.75) is 33.6 Å². The molecule has 0 aliphatic heterocycles. The minimum atomic E-state index is -1.09. The van der Waals surface area contributed by atoms with Gasteiger partial charge < -0.3 is 15.7 Å². The Labute approximate surface area is 101 Å². The summed E-state index contributed by atoms with van der Waals surface area (Å²) in [5, 5.41) is 14.0. The van der Waals surface area contributed by atoms with Gasteiger partial charge in [0, 0.05) is 25.9 Å². The summed E-state index contributed by atoms with van der Waals surface area (Å²) >= 11 is 0. The smallest absolute Gasteiger partial charge is 0.309 e. The van der Waals surface area contributed by atoms with Crippen molar-refractivity contribution < 1.29 is 19.5 Å². The molecule has 0 saturated heterocycles. The molecule has 98 valence electrons. The largest absolute Gasteiger partial charge is 0.481 e. The number of carboxylic acids is 1. The van der Waals surface area contributed by atoms with Gasteiger partial charge in [-0.15, -0.1) is 0 Å². The molecule has 0 saturated carbocycles. The second kappa shape index (κ2) is 6.88. The summed E-state index contributed by atoms with van der Waals surface area (Å²) in [5.41, 5.74) is -1.09. The van der Waals surface area contributed by atoms with E-state index in [9.17, 15) is 14.4 Å². The Hall–Kier alpha value is -1.59. The Kier molecular flexibility index (Phi) is 6.23. The number of hydrogen-bond acceptors (Lipinski definition) is 3. The van der Waals surface area contributed by atoms with E-state index in [1.54, 1.807) is 0 Å². The summed E-state index contributed by atoms with van der Waals surface area (Å²) in [6.07, 6.45) is 0.102. The molecule has 0 aromatic carbocycles. The molecular formula is C11H20N2O4. The van der Waals surface area contributed by atoms with E-state index in [1.165, 1.54) is 13.8 Å². The predicted octanol–water partition coefficient (Wildman–Crippen LogP) is 0.130. The summed E-state index contributed by atoms with van der Waals surface area (Å²) in [4.78, 5) is 33.2. The van der Waals surface area contributed by atoms with Crippen LogP contribution in [0.1, 0.15) is 33.6 Å². The van der Waals surface area contributed by atoms with Crippen LogP contribution in [0.4, 0.5) is 0 Å². The molecule has 6 nitrogen and oxygen atoms in total. The van der Waals surface area contributed by atoms with Gasteiger partial charge in [-0.05, 0) is 20.8 Å². The number of aliphatic carboxylic acids is 1. The van der Waals surface area contributed by atoms with E-state index < -0.39 is 11.4 Å². The SMILES string of the molecule is CCNC(=O)CCNC(=O)CC(C)(C)C(=O)O. The van der Waals surface area contributed by atoms with Gasteiger partial charge in [0.2, 0.25) is 11.8 Å². The molecule has 0 atom stereocenters. The number of nitrogens with one attached hydrogen (secondary N) is 2. The third kappa shape index (κ3) is 6.55. The Morgan fingerprint density at radius 2 is 1.71 bits per heavy atom. The van der Waals surface area contributed by atoms with Crippen LogP contribution in [0.25, 0.3) is 0 Å². The summed E-state index contributed by atoms with van der Waals surface area (Å²) in [6.45, 7) is 5.56. The van der Waals surface area contributed by atoms with Crippen LogP contribution >= 0.6 is 0 Å². The number of carbonyl (C=O) groups is 3. The van der Waals surface area contributed by atoms with Gasteiger partial charge in [-0.2, -0.15) is 0 Å². The molecule has 0 aromatic heterocycles. The van der Waals surface area contributed by atoms with Gasteiger partial charge >= 0.3 is 5.97 Å². The molecule has 6 heteroatoms. The van der Waals surface area contributed by atoms with Crippen LogP contribution in [0, 0.1) is 5.41 Å². The zero-order chi connectivity index (χ0) is 13.5. The van der Waals surface area contributed by atoms with Crippen molar-refractivity contribution in [1.82, 2.24) is 10.6 Å². The maximum absolute atomic E-state index is 11.4. The maximum atomic E-state index is 11.4. The van der Waals surface area contributed by atoms with E-state index in [4.69, 9.17) is 5.11 Å². The third-order valence-corrected chi connectivity index (χ3v) is 2.23. The fourth-order valence-corrected chi connectivity index (χ4v) is 1.14. The number of amides is 2. The topological polar surface area (TPSA) is 95.5 Å². The minimum Gasteiger partial charge on any atom is -0.481 e. The van der Waals surface area contributed by atoms with Gasteiger partial charge in [0.15, 0.2) is 0 Å². The van der Waals surface area contributed by atoms with Crippen molar-refractivity contribution in [3.05, 3.63) is 0 Å². The molecule has 0 aromatic rings. The van der Waals surface area contributed by atoms with Crippen molar-refractivity contribution >= 4 is 17.8 Å². The average molecular weight is 244 g/mol. The highest BCUT2D eigenvalue weighted by Gasteiger charge is 2.29. The molecular weight excluding hydrogens is 224 g/mol. The highest BCUT2D eigenvalue weighted by atomic mass is 16.4. The number of hydrogen-bond donors (Lipinski definition) is 3. The molecule has 0 spiro atoms.